The van der Waals surface area contributed by atoms with E-state index < -0.39 is 0 Å². The number of para-hydroxylation sites is 1. The number of rotatable bonds is 2. The van der Waals surface area contributed by atoms with Gasteiger partial charge in [-0.05, 0) is 29.5 Å². The highest BCUT2D eigenvalue weighted by molar-refractivity contribution is 5.29. The van der Waals surface area contributed by atoms with Crippen LogP contribution in [0.25, 0.3) is 11.9 Å². The van der Waals surface area contributed by atoms with Crippen molar-refractivity contribution in [2.45, 2.75) is 6.92 Å². The second-order valence-corrected chi connectivity index (χ2v) is 2.94. The van der Waals surface area contributed by atoms with Crippen molar-refractivity contribution >= 4 is 6.20 Å². The van der Waals surface area contributed by atoms with Crippen molar-refractivity contribution in [2.75, 3.05) is 0 Å². The average molecular weight is 202 g/mol. The third-order valence-electron chi connectivity index (χ3n) is 1.89. The Morgan fingerprint density at radius 3 is 2.60 bits per heavy atom. The van der Waals surface area contributed by atoms with Gasteiger partial charge in [0.2, 0.25) is 0 Å². The van der Waals surface area contributed by atoms with Gasteiger partial charge in [0.25, 0.3) is 0 Å². The lowest BCUT2D eigenvalue weighted by molar-refractivity contribution is 0.767. The highest BCUT2D eigenvalue weighted by Crippen LogP contribution is 2.00. The number of benzene rings is 1. The number of hydrogen-bond donors (Lipinski definition) is 0. The molecule has 0 spiro atoms. The summed E-state index contributed by atoms with van der Waals surface area (Å²) in [5.41, 5.74) is 0.428. The molecule has 5 heteroatoms. The summed E-state index contributed by atoms with van der Waals surface area (Å²) in [7, 11) is 0. The van der Waals surface area contributed by atoms with Gasteiger partial charge in [0.15, 0.2) is 0 Å². The second-order valence-electron chi connectivity index (χ2n) is 2.94. The van der Waals surface area contributed by atoms with Gasteiger partial charge in [0, 0.05) is 6.20 Å². The van der Waals surface area contributed by atoms with Gasteiger partial charge in [-0.3, -0.25) is 0 Å². The highest BCUT2D eigenvalue weighted by atomic mass is 16.2. The average Bonchev–Trinajstić information content (AvgIpc) is 2.63. The maximum absolute atomic E-state index is 11.7. The van der Waals surface area contributed by atoms with Crippen LogP contribution in [0.15, 0.2) is 41.2 Å². The molecule has 2 rings (SSSR count). The van der Waals surface area contributed by atoms with Crippen molar-refractivity contribution in [3.63, 3.8) is 0 Å². The third kappa shape index (κ3) is 1.71. The first kappa shape index (κ1) is 9.39. The van der Waals surface area contributed by atoms with Crippen LogP contribution in [-0.2, 0) is 0 Å². The molecule has 0 amide bonds. The molecule has 0 N–H and O–H groups in total. The summed E-state index contributed by atoms with van der Waals surface area (Å²) in [6.45, 7) is 1.81. The first-order valence-corrected chi connectivity index (χ1v) is 4.55. The number of nitrogens with zero attached hydrogens (tertiary/aromatic N) is 4. The summed E-state index contributed by atoms with van der Waals surface area (Å²) in [6, 6.07) is 9.17. The summed E-state index contributed by atoms with van der Waals surface area (Å²) < 4.78 is 2.44. The molecule has 0 bridgehead atoms. The van der Waals surface area contributed by atoms with E-state index in [-0.39, 0.29) is 5.69 Å². The maximum atomic E-state index is 11.7. The molecule has 0 saturated carbocycles. The molecule has 0 atom stereocenters. The van der Waals surface area contributed by atoms with Crippen molar-refractivity contribution < 1.29 is 0 Å². The van der Waals surface area contributed by atoms with Crippen LogP contribution in [0.4, 0.5) is 0 Å². The Hall–Kier alpha value is -2.17. The minimum atomic E-state index is -0.278. The minimum Gasteiger partial charge on any atom is -0.243 e. The SMILES string of the molecule is C/C=C\n1nnn(-c2ccccc2)c1=O. The molecule has 2 aromatic rings. The Morgan fingerprint density at radius 1 is 1.20 bits per heavy atom. The van der Waals surface area contributed by atoms with E-state index >= 15 is 0 Å². The van der Waals surface area contributed by atoms with Crippen molar-refractivity contribution in [1.82, 2.24) is 19.8 Å². The Kier molecular flexibility index (Phi) is 2.45. The molecular weight excluding hydrogens is 192 g/mol. The minimum absolute atomic E-state index is 0.278. The summed E-state index contributed by atoms with van der Waals surface area (Å²) >= 11 is 0. The van der Waals surface area contributed by atoms with E-state index in [9.17, 15) is 4.79 Å². The highest BCUT2D eigenvalue weighted by Gasteiger charge is 2.05. The van der Waals surface area contributed by atoms with Gasteiger partial charge >= 0.3 is 5.69 Å². The standard InChI is InChI=1S/C10H10N4O/c1-2-8-13-10(15)14(12-11-13)9-6-4-3-5-7-9/h2-8H,1H3/b8-2-. The number of tetrazole rings is 1. The molecular formula is C10H10N4O. The van der Waals surface area contributed by atoms with E-state index in [4.69, 9.17) is 0 Å². The summed E-state index contributed by atoms with van der Waals surface area (Å²) in [5, 5.41) is 7.48. The van der Waals surface area contributed by atoms with Crippen LogP contribution in [-0.4, -0.2) is 19.8 Å². The van der Waals surface area contributed by atoms with E-state index in [1.807, 2.05) is 25.1 Å². The van der Waals surface area contributed by atoms with E-state index in [0.717, 1.165) is 0 Å². The fourth-order valence-electron chi connectivity index (χ4n) is 1.22. The second kappa shape index (κ2) is 3.91. The summed E-state index contributed by atoms with van der Waals surface area (Å²) in [5.74, 6) is 0. The van der Waals surface area contributed by atoms with Gasteiger partial charge < -0.3 is 0 Å². The van der Waals surface area contributed by atoms with Crippen molar-refractivity contribution in [2.24, 2.45) is 0 Å². The number of aromatic nitrogens is 4. The Labute approximate surface area is 86.2 Å². The van der Waals surface area contributed by atoms with Crippen molar-refractivity contribution in [3.8, 4) is 5.69 Å². The lowest BCUT2D eigenvalue weighted by Crippen LogP contribution is -2.21. The van der Waals surface area contributed by atoms with Crippen LogP contribution in [0.1, 0.15) is 6.92 Å². The van der Waals surface area contributed by atoms with Crippen LogP contribution in [0, 0.1) is 0 Å². The molecule has 0 unspecified atom stereocenters. The predicted octanol–water partition coefficient (Wildman–Crippen LogP) is 0.920. The molecule has 0 radical (unpaired) electrons. The largest absolute Gasteiger partial charge is 0.372 e. The fraction of sp³-hybridized carbons (Fsp3) is 0.100. The molecule has 76 valence electrons. The maximum Gasteiger partial charge on any atom is 0.372 e. The van der Waals surface area contributed by atoms with Gasteiger partial charge in [-0.25, -0.2) is 4.79 Å². The van der Waals surface area contributed by atoms with E-state index in [1.54, 1.807) is 24.4 Å². The van der Waals surface area contributed by atoms with Crippen LogP contribution < -0.4 is 5.69 Å². The van der Waals surface area contributed by atoms with Gasteiger partial charge in [0.1, 0.15) is 0 Å². The zero-order valence-electron chi connectivity index (χ0n) is 8.24. The molecule has 0 aliphatic carbocycles. The first-order chi connectivity index (χ1) is 7.33. The van der Waals surface area contributed by atoms with Gasteiger partial charge in [0.05, 0.1) is 5.69 Å². The van der Waals surface area contributed by atoms with Gasteiger partial charge in [-0.15, -0.1) is 0 Å². The van der Waals surface area contributed by atoms with Crippen molar-refractivity contribution in [3.05, 3.63) is 46.9 Å². The topological polar surface area (TPSA) is 52.7 Å². The molecule has 1 heterocycles. The monoisotopic (exact) mass is 202 g/mol. The first-order valence-electron chi connectivity index (χ1n) is 4.55. The number of hydrogen-bond acceptors (Lipinski definition) is 3. The number of allylic oxidation sites excluding steroid dienone is 1. The molecule has 0 aliphatic rings. The molecule has 0 fully saturated rings. The molecule has 5 nitrogen and oxygen atoms in total. The zero-order valence-corrected chi connectivity index (χ0v) is 8.24. The quantitative estimate of drug-likeness (QED) is 0.727. The predicted molar refractivity (Wildman–Crippen MR) is 56.6 cm³/mol. The zero-order chi connectivity index (χ0) is 10.7. The van der Waals surface area contributed by atoms with Crippen LogP contribution in [0.3, 0.4) is 0 Å². The molecule has 1 aromatic heterocycles. The van der Waals surface area contributed by atoms with Crippen LogP contribution in [0.5, 0.6) is 0 Å². The Morgan fingerprint density at radius 2 is 1.93 bits per heavy atom. The lowest BCUT2D eigenvalue weighted by atomic mass is 10.3. The molecule has 0 saturated heterocycles. The molecule has 15 heavy (non-hydrogen) atoms. The van der Waals surface area contributed by atoms with Gasteiger partial charge in [-0.2, -0.15) is 9.36 Å². The molecule has 1 aromatic carbocycles. The van der Waals surface area contributed by atoms with Crippen LogP contribution >= 0.6 is 0 Å². The third-order valence-corrected chi connectivity index (χ3v) is 1.89. The Bertz CT molecular complexity index is 524. The lowest BCUT2D eigenvalue weighted by Gasteiger charge is -1.94. The fourth-order valence-corrected chi connectivity index (χ4v) is 1.22. The van der Waals surface area contributed by atoms with E-state index in [2.05, 4.69) is 10.4 Å². The van der Waals surface area contributed by atoms with Crippen molar-refractivity contribution in [1.29, 1.82) is 0 Å². The Balaban J connectivity index is 2.52. The summed E-state index contributed by atoms with van der Waals surface area (Å²) in [6.07, 6.45) is 3.29. The van der Waals surface area contributed by atoms with Gasteiger partial charge in [-0.1, -0.05) is 24.3 Å². The van der Waals surface area contributed by atoms with E-state index in [0.29, 0.717) is 5.69 Å². The molecule has 0 aliphatic heterocycles. The normalized spacial score (nSPS) is 11.0. The van der Waals surface area contributed by atoms with E-state index in [1.165, 1.54) is 9.36 Å². The van der Waals surface area contributed by atoms with Crippen LogP contribution in [0.2, 0.25) is 0 Å². The summed E-state index contributed by atoms with van der Waals surface area (Å²) in [4.78, 5) is 11.7. The smallest absolute Gasteiger partial charge is 0.243 e.